The molecule has 4 nitrogen and oxygen atoms in total. The number of benzene rings is 1. The molecule has 0 radical (unpaired) electrons. The third-order valence-electron chi connectivity index (χ3n) is 2.72. The number of hydrogen-bond acceptors (Lipinski definition) is 4. The molecule has 0 fully saturated rings. The molecule has 1 N–H and O–H groups in total. The summed E-state index contributed by atoms with van der Waals surface area (Å²) in [6.45, 7) is 4.93. The fourth-order valence-electron chi connectivity index (χ4n) is 1.62. The van der Waals surface area contributed by atoms with Crippen LogP contribution in [0.1, 0.15) is 18.5 Å². The molecule has 0 aliphatic heterocycles. The molecule has 0 bridgehead atoms. The summed E-state index contributed by atoms with van der Waals surface area (Å²) in [7, 11) is 3.35. The Morgan fingerprint density at radius 2 is 2.00 bits per heavy atom. The molecule has 0 saturated carbocycles. The van der Waals surface area contributed by atoms with Gasteiger partial charge in [-0.1, -0.05) is 12.1 Å². The van der Waals surface area contributed by atoms with Gasteiger partial charge in [-0.15, -0.1) is 0 Å². The molecule has 0 spiro atoms. The Bertz CT molecular complexity index is 331. The van der Waals surface area contributed by atoms with E-state index in [9.17, 15) is 0 Å². The molecule has 0 aromatic heterocycles. The standard InChI is InChI=1S/C14H23NO3/c1-12(15-7-8-18-10-9-16-2)13-5-4-6-14(11-13)17-3/h4-6,11-12,15H,7-10H2,1-3H3. The second-order valence-electron chi connectivity index (χ2n) is 4.06. The van der Waals surface area contributed by atoms with Crippen molar-refractivity contribution in [3.8, 4) is 5.75 Å². The molecule has 18 heavy (non-hydrogen) atoms. The molecule has 1 atom stereocenters. The smallest absolute Gasteiger partial charge is 0.119 e. The first kappa shape index (κ1) is 15.0. The fourth-order valence-corrected chi connectivity index (χ4v) is 1.62. The minimum absolute atomic E-state index is 0.283. The van der Waals surface area contributed by atoms with E-state index in [0.717, 1.165) is 12.3 Å². The van der Waals surface area contributed by atoms with Crippen LogP contribution in [0.4, 0.5) is 0 Å². The minimum Gasteiger partial charge on any atom is -0.497 e. The molecule has 102 valence electrons. The Kier molecular flexibility index (Phi) is 7.41. The lowest BCUT2D eigenvalue weighted by atomic mass is 10.1. The summed E-state index contributed by atoms with van der Waals surface area (Å²) in [5.41, 5.74) is 1.21. The van der Waals surface area contributed by atoms with Crippen LogP contribution in [0, 0.1) is 0 Å². The highest BCUT2D eigenvalue weighted by Gasteiger charge is 2.05. The summed E-state index contributed by atoms with van der Waals surface area (Å²) in [4.78, 5) is 0. The van der Waals surface area contributed by atoms with Gasteiger partial charge in [-0.3, -0.25) is 0 Å². The van der Waals surface area contributed by atoms with Crippen molar-refractivity contribution in [2.24, 2.45) is 0 Å². The normalized spacial score (nSPS) is 12.4. The summed E-state index contributed by atoms with van der Waals surface area (Å²) >= 11 is 0. The van der Waals surface area contributed by atoms with Gasteiger partial charge in [0.1, 0.15) is 5.75 Å². The van der Waals surface area contributed by atoms with Gasteiger partial charge in [0.2, 0.25) is 0 Å². The summed E-state index contributed by atoms with van der Waals surface area (Å²) < 4.78 is 15.5. The molecule has 1 aromatic carbocycles. The maximum absolute atomic E-state index is 5.39. The van der Waals surface area contributed by atoms with Crippen LogP contribution in [0.3, 0.4) is 0 Å². The van der Waals surface area contributed by atoms with Crippen LogP contribution in [0.2, 0.25) is 0 Å². The van der Waals surface area contributed by atoms with Crippen molar-refractivity contribution in [1.82, 2.24) is 5.32 Å². The van der Waals surface area contributed by atoms with E-state index in [4.69, 9.17) is 14.2 Å². The van der Waals surface area contributed by atoms with Gasteiger partial charge in [0.15, 0.2) is 0 Å². The van der Waals surface area contributed by atoms with Gasteiger partial charge in [0.25, 0.3) is 0 Å². The van der Waals surface area contributed by atoms with Crippen LogP contribution < -0.4 is 10.1 Å². The predicted molar refractivity (Wildman–Crippen MR) is 72.1 cm³/mol. The van der Waals surface area contributed by atoms with Gasteiger partial charge in [0.05, 0.1) is 26.9 Å². The Balaban J connectivity index is 2.25. The number of hydrogen-bond donors (Lipinski definition) is 1. The molecular formula is C14H23NO3. The van der Waals surface area contributed by atoms with E-state index in [0.29, 0.717) is 19.8 Å². The molecule has 0 amide bonds. The average molecular weight is 253 g/mol. The highest BCUT2D eigenvalue weighted by molar-refractivity contribution is 5.30. The van der Waals surface area contributed by atoms with Crippen LogP contribution in [-0.2, 0) is 9.47 Å². The minimum atomic E-state index is 0.283. The van der Waals surface area contributed by atoms with Gasteiger partial charge < -0.3 is 19.5 Å². The first-order valence-corrected chi connectivity index (χ1v) is 6.22. The quantitative estimate of drug-likeness (QED) is 0.683. The molecule has 0 heterocycles. The van der Waals surface area contributed by atoms with Crippen LogP contribution in [-0.4, -0.2) is 40.6 Å². The fraction of sp³-hybridized carbons (Fsp3) is 0.571. The van der Waals surface area contributed by atoms with E-state index in [2.05, 4.69) is 18.3 Å². The monoisotopic (exact) mass is 253 g/mol. The summed E-state index contributed by atoms with van der Waals surface area (Å²) in [6.07, 6.45) is 0. The van der Waals surface area contributed by atoms with Crippen molar-refractivity contribution in [2.45, 2.75) is 13.0 Å². The Hall–Kier alpha value is -1.10. The Morgan fingerprint density at radius 1 is 1.17 bits per heavy atom. The number of rotatable bonds is 9. The number of ether oxygens (including phenoxy) is 3. The zero-order valence-corrected chi connectivity index (χ0v) is 11.4. The summed E-state index contributed by atoms with van der Waals surface area (Å²) in [5, 5.41) is 3.41. The van der Waals surface area contributed by atoms with Gasteiger partial charge in [-0.05, 0) is 24.6 Å². The van der Waals surface area contributed by atoms with Crippen LogP contribution in [0.25, 0.3) is 0 Å². The van der Waals surface area contributed by atoms with Crippen LogP contribution in [0.15, 0.2) is 24.3 Å². The van der Waals surface area contributed by atoms with E-state index in [-0.39, 0.29) is 6.04 Å². The van der Waals surface area contributed by atoms with Gasteiger partial charge in [0, 0.05) is 19.7 Å². The van der Waals surface area contributed by atoms with Crippen molar-refractivity contribution in [3.63, 3.8) is 0 Å². The third-order valence-corrected chi connectivity index (χ3v) is 2.72. The van der Waals surface area contributed by atoms with E-state index >= 15 is 0 Å². The van der Waals surface area contributed by atoms with Crippen LogP contribution >= 0.6 is 0 Å². The van der Waals surface area contributed by atoms with E-state index in [1.54, 1.807) is 14.2 Å². The first-order chi connectivity index (χ1) is 8.77. The summed E-state index contributed by atoms with van der Waals surface area (Å²) in [6, 6.07) is 8.37. The largest absolute Gasteiger partial charge is 0.497 e. The third kappa shape index (κ3) is 5.49. The molecule has 1 aromatic rings. The average Bonchev–Trinajstić information content (AvgIpc) is 2.42. The first-order valence-electron chi connectivity index (χ1n) is 6.22. The van der Waals surface area contributed by atoms with Crippen molar-refractivity contribution in [2.75, 3.05) is 40.6 Å². The molecule has 4 heteroatoms. The second kappa shape index (κ2) is 8.91. The molecule has 0 aliphatic carbocycles. The Morgan fingerprint density at radius 3 is 2.72 bits per heavy atom. The molecule has 0 saturated heterocycles. The zero-order chi connectivity index (χ0) is 13.2. The van der Waals surface area contributed by atoms with Crippen molar-refractivity contribution < 1.29 is 14.2 Å². The lowest BCUT2D eigenvalue weighted by molar-refractivity contribution is 0.0712. The van der Waals surface area contributed by atoms with E-state index < -0.39 is 0 Å². The topological polar surface area (TPSA) is 39.7 Å². The molecule has 1 rings (SSSR count). The SMILES string of the molecule is COCCOCCNC(C)c1cccc(OC)c1. The number of methoxy groups -OCH3 is 2. The maximum atomic E-state index is 5.39. The van der Waals surface area contributed by atoms with Crippen molar-refractivity contribution >= 4 is 0 Å². The lowest BCUT2D eigenvalue weighted by Gasteiger charge is -2.15. The van der Waals surface area contributed by atoms with Crippen LogP contribution in [0.5, 0.6) is 5.75 Å². The van der Waals surface area contributed by atoms with Gasteiger partial charge >= 0.3 is 0 Å². The highest BCUT2D eigenvalue weighted by atomic mass is 16.5. The zero-order valence-electron chi connectivity index (χ0n) is 11.4. The maximum Gasteiger partial charge on any atom is 0.119 e. The lowest BCUT2D eigenvalue weighted by Crippen LogP contribution is -2.23. The highest BCUT2D eigenvalue weighted by Crippen LogP contribution is 2.18. The number of nitrogens with one attached hydrogen (secondary N) is 1. The van der Waals surface area contributed by atoms with Crippen molar-refractivity contribution in [3.05, 3.63) is 29.8 Å². The van der Waals surface area contributed by atoms with E-state index in [1.807, 2.05) is 18.2 Å². The van der Waals surface area contributed by atoms with Gasteiger partial charge in [-0.2, -0.15) is 0 Å². The van der Waals surface area contributed by atoms with Gasteiger partial charge in [-0.25, -0.2) is 0 Å². The molecule has 1 unspecified atom stereocenters. The van der Waals surface area contributed by atoms with Crippen molar-refractivity contribution in [1.29, 1.82) is 0 Å². The predicted octanol–water partition coefficient (Wildman–Crippen LogP) is 2.01. The molecular weight excluding hydrogens is 230 g/mol. The second-order valence-corrected chi connectivity index (χ2v) is 4.06. The Labute approximate surface area is 109 Å². The summed E-state index contributed by atoms with van der Waals surface area (Å²) in [5.74, 6) is 0.887. The van der Waals surface area contributed by atoms with E-state index in [1.165, 1.54) is 5.56 Å². The molecule has 0 aliphatic rings.